The molecule has 2 aromatic heterocycles. The van der Waals surface area contributed by atoms with Gasteiger partial charge in [0.1, 0.15) is 17.3 Å². The lowest BCUT2D eigenvalue weighted by atomic mass is 10.3. The lowest BCUT2D eigenvalue weighted by molar-refractivity contribution is -0.116. The second kappa shape index (κ2) is 9.28. The molecule has 0 aliphatic carbocycles. The number of hydrogen-bond acceptors (Lipinski definition) is 6. The molecular formula is C23H21N3O3S2. The molecule has 0 spiro atoms. The molecule has 0 bridgehead atoms. The number of thiazole rings is 1. The number of benzene rings is 2. The molecule has 4 rings (SSSR count). The Morgan fingerprint density at radius 3 is 2.68 bits per heavy atom. The maximum Gasteiger partial charge on any atom is 0.264 e. The van der Waals surface area contributed by atoms with E-state index in [1.165, 1.54) is 16.2 Å². The van der Waals surface area contributed by atoms with Gasteiger partial charge in [-0.2, -0.15) is 0 Å². The van der Waals surface area contributed by atoms with Gasteiger partial charge in [0.25, 0.3) is 5.91 Å². The predicted molar refractivity (Wildman–Crippen MR) is 126 cm³/mol. The fourth-order valence-corrected chi connectivity index (χ4v) is 5.10. The van der Waals surface area contributed by atoms with E-state index in [1.807, 2.05) is 37.3 Å². The van der Waals surface area contributed by atoms with Crippen LogP contribution in [-0.2, 0) is 4.79 Å². The van der Waals surface area contributed by atoms with Gasteiger partial charge >= 0.3 is 0 Å². The van der Waals surface area contributed by atoms with Gasteiger partial charge in [-0.15, -0.1) is 22.7 Å². The van der Waals surface area contributed by atoms with Crippen molar-refractivity contribution in [1.29, 1.82) is 0 Å². The first-order valence-corrected chi connectivity index (χ1v) is 11.4. The second-order valence-electron chi connectivity index (χ2n) is 6.75. The molecule has 0 saturated carbocycles. The van der Waals surface area contributed by atoms with E-state index < -0.39 is 0 Å². The number of carbonyl (C=O) groups excluding carboxylic acids is 2. The van der Waals surface area contributed by atoms with Crippen molar-refractivity contribution < 1.29 is 14.3 Å². The zero-order chi connectivity index (χ0) is 21.8. The number of methoxy groups -OCH3 is 1. The van der Waals surface area contributed by atoms with Crippen LogP contribution >= 0.6 is 22.7 Å². The van der Waals surface area contributed by atoms with E-state index >= 15 is 0 Å². The number of para-hydroxylation sites is 1. The Labute approximate surface area is 188 Å². The Morgan fingerprint density at radius 2 is 1.90 bits per heavy atom. The van der Waals surface area contributed by atoms with Crippen LogP contribution in [0.3, 0.4) is 0 Å². The van der Waals surface area contributed by atoms with E-state index in [2.05, 4.69) is 10.3 Å². The van der Waals surface area contributed by atoms with Gasteiger partial charge in [-0.1, -0.05) is 18.2 Å². The highest BCUT2D eigenvalue weighted by Crippen LogP contribution is 2.34. The monoisotopic (exact) mass is 451 g/mol. The van der Waals surface area contributed by atoms with Crippen LogP contribution in [0.25, 0.3) is 20.1 Å². The van der Waals surface area contributed by atoms with Gasteiger partial charge in [-0.25, -0.2) is 4.98 Å². The van der Waals surface area contributed by atoms with Gasteiger partial charge in [0.05, 0.1) is 27.1 Å². The van der Waals surface area contributed by atoms with Crippen molar-refractivity contribution in [2.45, 2.75) is 6.92 Å². The molecule has 8 heteroatoms. The van der Waals surface area contributed by atoms with Crippen molar-refractivity contribution in [1.82, 2.24) is 9.88 Å². The molecule has 1 N–H and O–H groups in total. The lowest BCUT2D eigenvalue weighted by Gasteiger charge is -2.19. The number of amides is 2. The van der Waals surface area contributed by atoms with E-state index in [-0.39, 0.29) is 18.4 Å². The van der Waals surface area contributed by atoms with E-state index in [9.17, 15) is 9.59 Å². The summed E-state index contributed by atoms with van der Waals surface area (Å²) in [4.78, 5) is 33.2. The smallest absolute Gasteiger partial charge is 0.264 e. The number of fused-ring (bicyclic) bond motifs is 1. The van der Waals surface area contributed by atoms with Crippen LogP contribution in [0.2, 0.25) is 0 Å². The average Bonchev–Trinajstić information content (AvgIpc) is 3.44. The molecule has 0 saturated heterocycles. The minimum Gasteiger partial charge on any atom is -0.497 e. The first kappa shape index (κ1) is 21.0. The summed E-state index contributed by atoms with van der Waals surface area (Å²) in [5.41, 5.74) is 1.58. The SMILES string of the molecule is CCN(CC(=O)Nc1cccc(OC)c1)C(=O)c1ccc(-c2nc3ccccc3s2)s1. The Kier molecular flexibility index (Phi) is 6.29. The third kappa shape index (κ3) is 4.76. The highest BCUT2D eigenvalue weighted by molar-refractivity contribution is 7.26. The van der Waals surface area contributed by atoms with Crippen molar-refractivity contribution in [3.63, 3.8) is 0 Å². The molecule has 6 nitrogen and oxygen atoms in total. The van der Waals surface area contributed by atoms with Crippen LogP contribution < -0.4 is 10.1 Å². The summed E-state index contributed by atoms with van der Waals surface area (Å²) < 4.78 is 6.29. The fraction of sp³-hybridized carbons (Fsp3) is 0.174. The molecule has 2 amide bonds. The van der Waals surface area contributed by atoms with Gasteiger partial charge in [0.2, 0.25) is 5.91 Å². The van der Waals surface area contributed by atoms with Crippen LogP contribution in [0.15, 0.2) is 60.7 Å². The van der Waals surface area contributed by atoms with E-state index in [1.54, 1.807) is 48.8 Å². The summed E-state index contributed by atoms with van der Waals surface area (Å²) in [7, 11) is 1.57. The molecule has 4 aromatic rings. The topological polar surface area (TPSA) is 71.5 Å². The number of carbonyl (C=O) groups is 2. The highest BCUT2D eigenvalue weighted by atomic mass is 32.1. The number of nitrogens with zero attached hydrogens (tertiary/aromatic N) is 2. The lowest BCUT2D eigenvalue weighted by Crippen LogP contribution is -2.37. The molecule has 2 heterocycles. The van der Waals surface area contributed by atoms with Crippen molar-refractivity contribution in [2.75, 3.05) is 25.5 Å². The fourth-order valence-electron chi connectivity index (χ4n) is 3.10. The standard InChI is InChI=1S/C23H21N3O3S2/c1-3-26(14-21(27)24-15-7-6-8-16(13-15)29-2)23(28)20-12-11-19(30-20)22-25-17-9-4-5-10-18(17)31-22/h4-13H,3,14H2,1-2H3,(H,24,27). The maximum absolute atomic E-state index is 13.0. The van der Waals surface area contributed by atoms with Crippen molar-refractivity contribution in [3.8, 4) is 15.6 Å². The zero-order valence-corrected chi connectivity index (χ0v) is 18.8. The molecule has 0 unspecified atom stereocenters. The van der Waals surface area contributed by atoms with E-state index in [0.29, 0.717) is 22.9 Å². The number of likely N-dealkylation sites (N-methyl/N-ethyl adjacent to an activating group) is 1. The average molecular weight is 452 g/mol. The largest absolute Gasteiger partial charge is 0.497 e. The summed E-state index contributed by atoms with van der Waals surface area (Å²) in [5.74, 6) is 0.231. The number of hydrogen-bond donors (Lipinski definition) is 1. The Bertz CT molecular complexity index is 1200. The van der Waals surface area contributed by atoms with Crippen LogP contribution in [-0.4, -0.2) is 41.9 Å². The molecule has 0 aliphatic heterocycles. The molecule has 31 heavy (non-hydrogen) atoms. The van der Waals surface area contributed by atoms with Gasteiger partial charge < -0.3 is 15.0 Å². The number of rotatable bonds is 7. The molecule has 2 aromatic carbocycles. The third-order valence-corrected chi connectivity index (χ3v) is 6.96. The summed E-state index contributed by atoms with van der Waals surface area (Å²) >= 11 is 3.00. The van der Waals surface area contributed by atoms with Crippen molar-refractivity contribution >= 4 is 50.4 Å². The van der Waals surface area contributed by atoms with Gasteiger partial charge in [-0.3, -0.25) is 9.59 Å². The van der Waals surface area contributed by atoms with Crippen molar-refractivity contribution in [3.05, 3.63) is 65.5 Å². The number of aromatic nitrogens is 1. The summed E-state index contributed by atoms with van der Waals surface area (Å²) in [6, 6.07) is 18.8. The molecule has 158 valence electrons. The molecule has 0 atom stereocenters. The zero-order valence-electron chi connectivity index (χ0n) is 17.1. The van der Waals surface area contributed by atoms with Gasteiger partial charge in [-0.05, 0) is 43.3 Å². The van der Waals surface area contributed by atoms with E-state index in [0.717, 1.165) is 20.1 Å². The van der Waals surface area contributed by atoms with Crippen LogP contribution in [0.5, 0.6) is 5.75 Å². The third-order valence-electron chi connectivity index (χ3n) is 4.68. The molecule has 0 fully saturated rings. The number of ether oxygens (including phenoxy) is 1. The summed E-state index contributed by atoms with van der Waals surface area (Å²) in [5, 5.41) is 3.71. The first-order chi connectivity index (χ1) is 15.1. The predicted octanol–water partition coefficient (Wildman–Crippen LogP) is 5.13. The van der Waals surface area contributed by atoms with Gasteiger partial charge in [0.15, 0.2) is 0 Å². The minimum atomic E-state index is -0.258. The first-order valence-electron chi connectivity index (χ1n) is 9.76. The minimum absolute atomic E-state index is 0.0269. The number of anilines is 1. The van der Waals surface area contributed by atoms with Gasteiger partial charge in [0, 0.05) is 18.3 Å². The van der Waals surface area contributed by atoms with Crippen LogP contribution in [0.4, 0.5) is 5.69 Å². The molecular weight excluding hydrogens is 430 g/mol. The second-order valence-corrected chi connectivity index (χ2v) is 8.86. The van der Waals surface area contributed by atoms with Crippen molar-refractivity contribution in [2.24, 2.45) is 0 Å². The maximum atomic E-state index is 13.0. The highest BCUT2D eigenvalue weighted by Gasteiger charge is 2.20. The van der Waals surface area contributed by atoms with Crippen LogP contribution in [0.1, 0.15) is 16.6 Å². The Hall–Kier alpha value is -3.23. The normalized spacial score (nSPS) is 10.8. The number of thiophene rings is 1. The van der Waals surface area contributed by atoms with Crippen LogP contribution in [0, 0.1) is 0 Å². The quantitative estimate of drug-likeness (QED) is 0.423. The van der Waals surface area contributed by atoms with E-state index in [4.69, 9.17) is 4.74 Å². The Balaban J connectivity index is 1.45. The number of nitrogens with one attached hydrogen (secondary N) is 1. The summed E-state index contributed by atoms with van der Waals surface area (Å²) in [6.07, 6.45) is 0. The Morgan fingerprint density at radius 1 is 1.06 bits per heavy atom. The molecule has 0 aliphatic rings. The summed E-state index contributed by atoms with van der Waals surface area (Å²) in [6.45, 7) is 2.26. The molecule has 0 radical (unpaired) electrons.